The van der Waals surface area contributed by atoms with Gasteiger partial charge in [-0.05, 0) is 71.5 Å². The van der Waals surface area contributed by atoms with Crippen LogP contribution < -0.4 is 5.32 Å². The van der Waals surface area contributed by atoms with Crippen LogP contribution in [-0.2, 0) is 0 Å². The third-order valence-corrected chi connectivity index (χ3v) is 3.72. The van der Waals surface area contributed by atoms with Crippen LogP contribution in [0.2, 0.25) is 0 Å². The van der Waals surface area contributed by atoms with Crippen LogP contribution in [0.1, 0.15) is 37.6 Å². The lowest BCUT2D eigenvalue weighted by Crippen LogP contribution is -2.42. The predicted octanol–water partition coefficient (Wildman–Crippen LogP) is 2.19. The van der Waals surface area contributed by atoms with Gasteiger partial charge in [-0.25, -0.2) is 4.68 Å². The molecule has 0 radical (unpaired) electrons. The molecule has 0 unspecified atom stereocenters. The van der Waals surface area contributed by atoms with Gasteiger partial charge in [0.05, 0.1) is 5.69 Å². The number of carbonyl (C=O) groups is 1. The van der Waals surface area contributed by atoms with Gasteiger partial charge >= 0.3 is 0 Å². The first-order valence-corrected chi connectivity index (χ1v) is 7.35. The number of hydrogen-bond donors (Lipinski definition) is 1. The highest BCUT2D eigenvalue weighted by Crippen LogP contribution is 2.16. The minimum Gasteiger partial charge on any atom is -0.347 e. The zero-order valence-corrected chi connectivity index (χ0v) is 13.7. The molecule has 6 nitrogen and oxygen atoms in total. The summed E-state index contributed by atoms with van der Waals surface area (Å²) < 4.78 is 2.49. The molecule has 0 atom stereocenters. The minimum atomic E-state index is -0.229. The Morgan fingerprint density at radius 1 is 1.40 bits per heavy atom. The molecule has 106 valence electrons. The van der Waals surface area contributed by atoms with Gasteiger partial charge in [-0.15, -0.1) is 5.10 Å². The number of hydrogen-bond acceptors (Lipinski definition) is 4. The van der Waals surface area contributed by atoms with E-state index < -0.39 is 0 Å². The van der Waals surface area contributed by atoms with E-state index in [9.17, 15) is 4.79 Å². The molecule has 1 amide bonds. The van der Waals surface area contributed by atoms with Crippen molar-refractivity contribution in [3.05, 3.63) is 33.7 Å². The summed E-state index contributed by atoms with van der Waals surface area (Å²) in [4.78, 5) is 12.3. The number of nitrogens with one attached hydrogen (secondary N) is 1. The molecule has 0 saturated carbocycles. The molecule has 0 aliphatic rings. The molecule has 1 aromatic carbocycles. The number of tetrazole rings is 1. The minimum absolute atomic E-state index is 0.0929. The van der Waals surface area contributed by atoms with Crippen molar-refractivity contribution in [2.24, 2.45) is 0 Å². The van der Waals surface area contributed by atoms with Crippen LogP contribution in [0.3, 0.4) is 0 Å². The summed E-state index contributed by atoms with van der Waals surface area (Å²) in [5.74, 6) is -0.0929. The molecule has 0 aliphatic heterocycles. The van der Waals surface area contributed by atoms with Gasteiger partial charge in [0.2, 0.25) is 0 Å². The van der Waals surface area contributed by atoms with Gasteiger partial charge < -0.3 is 5.32 Å². The molecule has 0 aliphatic carbocycles. The third kappa shape index (κ3) is 3.53. The van der Waals surface area contributed by atoms with Crippen molar-refractivity contribution >= 4 is 28.5 Å². The highest BCUT2D eigenvalue weighted by Gasteiger charge is 2.19. The normalized spacial score (nSPS) is 11.4. The van der Waals surface area contributed by atoms with Gasteiger partial charge in [-0.1, -0.05) is 6.92 Å². The fourth-order valence-corrected chi connectivity index (χ4v) is 2.24. The number of nitrogens with zero attached hydrogens (tertiary/aromatic N) is 4. The third-order valence-electron chi connectivity index (χ3n) is 3.09. The fourth-order valence-electron chi connectivity index (χ4n) is 1.59. The molecule has 7 heteroatoms. The van der Waals surface area contributed by atoms with Crippen molar-refractivity contribution in [3.8, 4) is 5.69 Å². The maximum absolute atomic E-state index is 12.3. The summed E-state index contributed by atoms with van der Waals surface area (Å²) in [5.41, 5.74) is 1.14. The van der Waals surface area contributed by atoms with E-state index in [1.165, 1.54) is 11.0 Å². The van der Waals surface area contributed by atoms with E-state index in [1.807, 2.05) is 32.9 Å². The SMILES string of the molecule is CCC(C)(C)NC(=O)c1cc(I)cc(-n2cnnn2)c1. The maximum atomic E-state index is 12.3. The molecule has 0 saturated heterocycles. The Morgan fingerprint density at radius 2 is 2.15 bits per heavy atom. The molecule has 1 N–H and O–H groups in total. The predicted molar refractivity (Wildman–Crippen MR) is 83.7 cm³/mol. The van der Waals surface area contributed by atoms with Gasteiger partial charge in [0.1, 0.15) is 6.33 Å². The average Bonchev–Trinajstić information content (AvgIpc) is 2.91. The smallest absolute Gasteiger partial charge is 0.251 e. The molecule has 0 spiro atoms. The first kappa shape index (κ1) is 14.9. The van der Waals surface area contributed by atoms with Crippen LogP contribution in [0.5, 0.6) is 0 Å². The van der Waals surface area contributed by atoms with Gasteiger partial charge in [-0.3, -0.25) is 4.79 Å². The van der Waals surface area contributed by atoms with Crippen LogP contribution in [-0.4, -0.2) is 31.7 Å². The van der Waals surface area contributed by atoms with E-state index in [0.29, 0.717) is 5.56 Å². The first-order valence-electron chi connectivity index (χ1n) is 6.28. The van der Waals surface area contributed by atoms with Gasteiger partial charge in [0, 0.05) is 14.7 Å². The van der Waals surface area contributed by atoms with E-state index >= 15 is 0 Å². The first-order chi connectivity index (χ1) is 9.41. The zero-order chi connectivity index (χ0) is 14.8. The Balaban J connectivity index is 2.31. The van der Waals surface area contributed by atoms with Crippen molar-refractivity contribution in [3.63, 3.8) is 0 Å². The van der Waals surface area contributed by atoms with Crippen molar-refractivity contribution in [2.45, 2.75) is 32.7 Å². The molecule has 0 bridgehead atoms. The standard InChI is InChI=1S/C13H16IN5O/c1-4-13(2,3)16-12(20)9-5-10(14)7-11(6-9)19-8-15-17-18-19/h5-8H,4H2,1-3H3,(H,16,20). The summed E-state index contributed by atoms with van der Waals surface area (Å²) in [6, 6.07) is 5.54. The number of rotatable bonds is 4. The zero-order valence-electron chi connectivity index (χ0n) is 11.6. The van der Waals surface area contributed by atoms with Crippen LogP contribution >= 0.6 is 22.6 Å². The maximum Gasteiger partial charge on any atom is 0.251 e. The van der Waals surface area contributed by atoms with Crippen LogP contribution in [0, 0.1) is 3.57 Å². The van der Waals surface area contributed by atoms with Crippen LogP contribution in [0.4, 0.5) is 0 Å². The number of benzene rings is 1. The number of carbonyl (C=O) groups excluding carboxylic acids is 1. The Hall–Kier alpha value is -1.51. The van der Waals surface area contributed by atoms with Crippen LogP contribution in [0.15, 0.2) is 24.5 Å². The topological polar surface area (TPSA) is 72.7 Å². The molecule has 1 heterocycles. The number of aromatic nitrogens is 4. The second-order valence-corrected chi connectivity index (χ2v) is 6.39. The summed E-state index contributed by atoms with van der Waals surface area (Å²) in [6.45, 7) is 6.05. The van der Waals surface area contributed by atoms with E-state index in [0.717, 1.165) is 15.7 Å². The van der Waals surface area contributed by atoms with Crippen molar-refractivity contribution in [1.82, 2.24) is 25.5 Å². The second kappa shape index (κ2) is 5.86. The molecular weight excluding hydrogens is 369 g/mol. The van der Waals surface area contributed by atoms with E-state index in [-0.39, 0.29) is 11.4 Å². The second-order valence-electron chi connectivity index (χ2n) is 5.14. The molecule has 20 heavy (non-hydrogen) atoms. The molecule has 1 aromatic heterocycles. The molecule has 2 aromatic rings. The summed E-state index contributed by atoms with van der Waals surface area (Å²) in [7, 11) is 0. The lowest BCUT2D eigenvalue weighted by molar-refractivity contribution is 0.0911. The van der Waals surface area contributed by atoms with Crippen molar-refractivity contribution < 1.29 is 4.79 Å². The fraction of sp³-hybridized carbons (Fsp3) is 0.385. The lowest BCUT2D eigenvalue weighted by atomic mass is 10.0. The molecular formula is C13H16IN5O. The summed E-state index contributed by atoms with van der Waals surface area (Å²) in [5, 5.41) is 14.1. The van der Waals surface area contributed by atoms with E-state index in [2.05, 4.69) is 43.4 Å². The Labute approximate surface area is 131 Å². The van der Waals surface area contributed by atoms with E-state index in [1.54, 1.807) is 6.07 Å². The lowest BCUT2D eigenvalue weighted by Gasteiger charge is -2.24. The van der Waals surface area contributed by atoms with Gasteiger partial charge in [0.15, 0.2) is 0 Å². The number of amides is 1. The largest absolute Gasteiger partial charge is 0.347 e. The quantitative estimate of drug-likeness (QED) is 0.820. The summed E-state index contributed by atoms with van der Waals surface area (Å²) in [6.07, 6.45) is 2.37. The van der Waals surface area contributed by atoms with Crippen molar-refractivity contribution in [2.75, 3.05) is 0 Å². The van der Waals surface area contributed by atoms with E-state index in [4.69, 9.17) is 0 Å². The van der Waals surface area contributed by atoms with Crippen molar-refractivity contribution in [1.29, 1.82) is 0 Å². The summed E-state index contributed by atoms with van der Waals surface area (Å²) >= 11 is 2.17. The highest BCUT2D eigenvalue weighted by molar-refractivity contribution is 14.1. The number of halogens is 1. The molecule has 0 fully saturated rings. The van der Waals surface area contributed by atoms with Gasteiger partial charge in [0.25, 0.3) is 5.91 Å². The van der Waals surface area contributed by atoms with Gasteiger partial charge in [-0.2, -0.15) is 0 Å². The Morgan fingerprint density at radius 3 is 2.75 bits per heavy atom. The average molecular weight is 385 g/mol. The highest BCUT2D eigenvalue weighted by atomic mass is 127. The Kier molecular flexibility index (Phi) is 4.36. The Bertz CT molecular complexity index is 609. The molecule has 2 rings (SSSR count). The van der Waals surface area contributed by atoms with Crippen LogP contribution in [0.25, 0.3) is 5.69 Å². The monoisotopic (exact) mass is 385 g/mol.